The Bertz CT molecular complexity index is 979. The van der Waals surface area contributed by atoms with E-state index in [1.165, 1.54) is 20.0 Å². The van der Waals surface area contributed by atoms with Crippen molar-refractivity contribution < 1.29 is 38.1 Å². The molecule has 196 valence electrons. The van der Waals surface area contributed by atoms with E-state index in [0.29, 0.717) is 10.2 Å². The molecule has 0 spiro atoms. The van der Waals surface area contributed by atoms with E-state index in [1.54, 1.807) is 14.0 Å². The summed E-state index contributed by atoms with van der Waals surface area (Å²) in [4.78, 5) is 52.4. The average Bonchev–Trinajstić information content (AvgIpc) is 3.07. The van der Waals surface area contributed by atoms with Crippen LogP contribution in [-0.2, 0) is 33.3 Å². The van der Waals surface area contributed by atoms with Crippen molar-refractivity contribution in [3.8, 4) is 0 Å². The van der Waals surface area contributed by atoms with Gasteiger partial charge in [0.15, 0.2) is 24.3 Å². The highest BCUT2D eigenvalue weighted by Crippen LogP contribution is 2.33. The fourth-order valence-corrected chi connectivity index (χ4v) is 4.33. The van der Waals surface area contributed by atoms with Crippen molar-refractivity contribution in [3.63, 3.8) is 0 Å². The highest BCUT2D eigenvalue weighted by molar-refractivity contribution is 14.1. The Balaban J connectivity index is 2.22. The van der Waals surface area contributed by atoms with E-state index >= 15 is 0 Å². The van der Waals surface area contributed by atoms with Crippen LogP contribution in [-0.4, -0.2) is 66.2 Å². The first-order valence-corrected chi connectivity index (χ1v) is 12.3. The quantitative estimate of drug-likeness (QED) is 0.239. The number of hydrogen-bond acceptors (Lipinski definition) is 10. The third-order valence-corrected chi connectivity index (χ3v) is 6.68. The summed E-state index contributed by atoms with van der Waals surface area (Å²) < 4.78 is 28.6. The van der Waals surface area contributed by atoms with Crippen molar-refractivity contribution >= 4 is 46.4 Å². The summed E-state index contributed by atoms with van der Waals surface area (Å²) in [7, 11) is 1.59. The number of nitrogens with zero attached hydrogens (tertiary/aromatic N) is 2. The van der Waals surface area contributed by atoms with Crippen LogP contribution in [0.5, 0.6) is 0 Å². The molecule has 0 aromatic carbocycles. The van der Waals surface area contributed by atoms with E-state index in [0.717, 1.165) is 17.4 Å². The van der Waals surface area contributed by atoms with Gasteiger partial charge in [0.1, 0.15) is 6.61 Å². The maximum Gasteiger partial charge on any atom is 0.412 e. The number of hydrogen-bond donors (Lipinski definition) is 1. The molecule has 2 heterocycles. The number of rotatable bonds is 10. The number of aromatic nitrogens is 2. The third-order valence-electron chi connectivity index (χ3n) is 5.89. The fourth-order valence-electron chi connectivity index (χ4n) is 3.77. The van der Waals surface area contributed by atoms with Gasteiger partial charge in [0, 0.05) is 32.6 Å². The Kier molecular flexibility index (Phi) is 10.5. The van der Waals surface area contributed by atoms with Crippen LogP contribution in [0.15, 0.2) is 11.0 Å². The van der Waals surface area contributed by atoms with Gasteiger partial charge in [-0.2, -0.15) is 4.98 Å². The summed E-state index contributed by atoms with van der Waals surface area (Å²) in [5, 5.41) is 2.49. The fraction of sp³-hybridized carbons (Fsp3) is 0.682. The van der Waals surface area contributed by atoms with Crippen molar-refractivity contribution in [3.05, 3.63) is 20.3 Å². The highest BCUT2D eigenvalue weighted by Gasteiger charge is 2.48. The van der Waals surface area contributed by atoms with Gasteiger partial charge in [-0.05, 0) is 42.4 Å². The molecule has 1 amide bonds. The Hall–Kier alpha value is -2.26. The van der Waals surface area contributed by atoms with E-state index in [9.17, 15) is 19.2 Å². The normalized spacial score (nSPS) is 21.9. The smallest absolute Gasteiger partial charge is 0.412 e. The summed E-state index contributed by atoms with van der Waals surface area (Å²) in [6.07, 6.45) is -1.56. The minimum atomic E-state index is -1.09. The van der Waals surface area contributed by atoms with E-state index < -0.39 is 48.3 Å². The number of methoxy groups -OCH3 is 1. The second kappa shape index (κ2) is 12.6. The molecule has 1 saturated heterocycles. The first kappa shape index (κ1) is 29.0. The van der Waals surface area contributed by atoms with Crippen molar-refractivity contribution in [1.29, 1.82) is 0 Å². The van der Waals surface area contributed by atoms with Gasteiger partial charge in [-0.3, -0.25) is 19.5 Å². The van der Waals surface area contributed by atoms with E-state index in [-0.39, 0.29) is 17.8 Å². The van der Waals surface area contributed by atoms with Crippen LogP contribution < -0.4 is 11.0 Å². The molecule has 1 N–H and O–H groups in total. The zero-order chi connectivity index (χ0) is 26.3. The Morgan fingerprint density at radius 1 is 1.14 bits per heavy atom. The van der Waals surface area contributed by atoms with Gasteiger partial charge in [-0.15, -0.1) is 0 Å². The lowest BCUT2D eigenvalue weighted by molar-refractivity contribution is -0.165. The number of anilines is 1. The highest BCUT2D eigenvalue weighted by atomic mass is 127. The molecule has 0 bridgehead atoms. The lowest BCUT2D eigenvalue weighted by Gasteiger charge is -2.30. The summed E-state index contributed by atoms with van der Waals surface area (Å²) in [6, 6.07) is 0. The van der Waals surface area contributed by atoms with Gasteiger partial charge in [0.25, 0.3) is 0 Å². The van der Waals surface area contributed by atoms with Crippen molar-refractivity contribution in [2.75, 3.05) is 25.6 Å². The molecule has 2 rings (SSSR count). The largest absolute Gasteiger partial charge is 0.456 e. The topological polar surface area (TPSA) is 144 Å². The second-order valence-electron chi connectivity index (χ2n) is 8.35. The number of ether oxygens (including phenoxy) is 5. The summed E-state index contributed by atoms with van der Waals surface area (Å²) in [5.41, 5.74) is -1.08. The molecule has 0 radical (unpaired) electrons. The maximum absolute atomic E-state index is 12.8. The number of amides is 1. The number of esters is 2. The van der Waals surface area contributed by atoms with Gasteiger partial charge >= 0.3 is 23.7 Å². The third kappa shape index (κ3) is 7.36. The minimum Gasteiger partial charge on any atom is -0.456 e. The Labute approximate surface area is 217 Å². The molecule has 1 fully saturated rings. The van der Waals surface area contributed by atoms with E-state index in [1.807, 2.05) is 36.4 Å². The average molecular weight is 609 g/mol. The summed E-state index contributed by atoms with van der Waals surface area (Å²) in [5.74, 6) is -1.20. The van der Waals surface area contributed by atoms with Crippen molar-refractivity contribution in [2.45, 2.75) is 72.0 Å². The van der Waals surface area contributed by atoms with Crippen LogP contribution in [0.4, 0.5) is 10.6 Å². The SMILES string of the molecule is CCC(CC)(COC)COC(=O)Nc1nc(=O)n([C@@H]2O[C@H](C)[C@@H](OC(C)=O)[C@H]2OC(C)=O)cc1I. The molecule has 1 aromatic rings. The monoisotopic (exact) mass is 609 g/mol. The van der Waals surface area contributed by atoms with Gasteiger partial charge in [-0.1, -0.05) is 13.8 Å². The lowest BCUT2D eigenvalue weighted by Crippen LogP contribution is -2.40. The zero-order valence-corrected chi connectivity index (χ0v) is 22.8. The number of carbonyl (C=O) groups is 3. The van der Waals surface area contributed by atoms with Gasteiger partial charge in [0.05, 0.1) is 16.3 Å². The second-order valence-corrected chi connectivity index (χ2v) is 9.51. The molecule has 1 aliphatic heterocycles. The molecule has 0 saturated carbocycles. The molecular formula is C22H32IN3O9. The maximum atomic E-state index is 12.8. The van der Waals surface area contributed by atoms with Crippen LogP contribution in [0.2, 0.25) is 0 Å². The first-order chi connectivity index (χ1) is 16.5. The molecule has 0 unspecified atom stereocenters. The molecule has 35 heavy (non-hydrogen) atoms. The van der Waals surface area contributed by atoms with Crippen LogP contribution >= 0.6 is 22.6 Å². The zero-order valence-electron chi connectivity index (χ0n) is 20.7. The molecule has 4 atom stereocenters. The van der Waals surface area contributed by atoms with Crippen LogP contribution in [0.25, 0.3) is 0 Å². The van der Waals surface area contributed by atoms with Crippen molar-refractivity contribution in [2.24, 2.45) is 5.41 Å². The number of nitrogens with one attached hydrogen (secondary N) is 1. The molecule has 12 nitrogen and oxygen atoms in total. The summed E-state index contributed by atoms with van der Waals surface area (Å²) >= 11 is 1.90. The van der Waals surface area contributed by atoms with Crippen LogP contribution in [0, 0.1) is 8.99 Å². The molecule has 13 heteroatoms. The van der Waals surface area contributed by atoms with E-state index in [2.05, 4.69) is 10.3 Å². The minimum absolute atomic E-state index is 0.00815. The predicted molar refractivity (Wildman–Crippen MR) is 132 cm³/mol. The summed E-state index contributed by atoms with van der Waals surface area (Å²) in [6.45, 7) is 8.63. The van der Waals surface area contributed by atoms with Crippen LogP contribution in [0.3, 0.4) is 0 Å². The van der Waals surface area contributed by atoms with Crippen molar-refractivity contribution in [1.82, 2.24) is 9.55 Å². The Morgan fingerprint density at radius 2 is 1.74 bits per heavy atom. The van der Waals surface area contributed by atoms with Gasteiger partial charge < -0.3 is 23.7 Å². The standard InChI is InChI=1S/C22H32IN3O9/c1-7-22(8-2,10-31-6)11-32-21(30)25-18-15(23)9-26(20(29)24-18)19-17(35-14(5)28)16(12(3)33-19)34-13(4)27/h9,12,16-17,19H,7-8,10-11H2,1-6H3,(H,24,25,29,30)/t12-,16-,17-,19-/m1/s1. The Morgan fingerprint density at radius 3 is 2.29 bits per heavy atom. The first-order valence-electron chi connectivity index (χ1n) is 11.2. The van der Waals surface area contributed by atoms with E-state index in [4.69, 9.17) is 23.7 Å². The molecular weight excluding hydrogens is 577 g/mol. The van der Waals surface area contributed by atoms with Gasteiger partial charge in [0.2, 0.25) is 0 Å². The number of carbonyl (C=O) groups excluding carboxylic acids is 3. The lowest BCUT2D eigenvalue weighted by atomic mass is 9.84. The molecule has 0 aliphatic carbocycles. The van der Waals surface area contributed by atoms with Gasteiger partial charge in [-0.25, -0.2) is 9.59 Å². The predicted octanol–water partition coefficient (Wildman–Crippen LogP) is 2.63. The molecule has 1 aromatic heterocycles. The molecule has 1 aliphatic rings. The number of halogens is 1. The van der Waals surface area contributed by atoms with Crippen LogP contribution in [0.1, 0.15) is 53.7 Å².